The Morgan fingerprint density at radius 1 is 1.08 bits per heavy atom. The minimum absolute atomic E-state index is 0. The monoisotopic (exact) mass is 528 g/mol. The molecule has 10 heteroatoms. The van der Waals surface area contributed by atoms with E-state index in [9.17, 15) is 18.7 Å². The molecule has 0 saturated heterocycles. The number of carbonyl (C=O) groups is 1. The third kappa shape index (κ3) is 4.63. The van der Waals surface area contributed by atoms with Crippen LogP contribution < -0.4 is 48.9 Å². The normalized spacial score (nSPS) is 17.3. The Labute approximate surface area is 239 Å². The third-order valence-electron chi connectivity index (χ3n) is 6.93. The fraction of sp³-hybridized carbons (Fsp3) is 0.286. The molecule has 0 bridgehead atoms. The topological polar surface area (TPSA) is 85.6 Å². The SMILES string of the molecule is CCOc1nc2cc(F)c(F)cc2n1-c1cccc2c1OC[C@H]2Cc1ccc2c(c1)OC[C@H]2CC(=O)[O-].[Na+]. The minimum Gasteiger partial charge on any atom is -0.550 e. The van der Waals surface area contributed by atoms with Gasteiger partial charge in [-0.2, -0.15) is 4.98 Å². The smallest absolute Gasteiger partial charge is 0.550 e. The van der Waals surface area contributed by atoms with E-state index in [0.29, 0.717) is 48.9 Å². The van der Waals surface area contributed by atoms with Crippen LogP contribution in [0.4, 0.5) is 8.78 Å². The van der Waals surface area contributed by atoms with Gasteiger partial charge in [0.15, 0.2) is 11.6 Å². The summed E-state index contributed by atoms with van der Waals surface area (Å²) in [5.41, 5.74) is 4.21. The number of nitrogens with zero attached hydrogens (tertiary/aromatic N) is 2. The Kier molecular flexibility index (Phi) is 7.35. The minimum atomic E-state index is -1.09. The molecule has 0 aliphatic carbocycles. The van der Waals surface area contributed by atoms with Crippen molar-refractivity contribution in [3.8, 4) is 23.2 Å². The van der Waals surface area contributed by atoms with Crippen molar-refractivity contribution >= 4 is 17.0 Å². The first-order chi connectivity index (χ1) is 17.9. The first kappa shape index (κ1) is 26.5. The van der Waals surface area contributed by atoms with Gasteiger partial charge < -0.3 is 24.1 Å². The quantitative estimate of drug-likeness (QED) is 0.334. The van der Waals surface area contributed by atoms with E-state index >= 15 is 0 Å². The fourth-order valence-corrected chi connectivity index (χ4v) is 5.25. The van der Waals surface area contributed by atoms with Gasteiger partial charge in [0.25, 0.3) is 0 Å². The van der Waals surface area contributed by atoms with Crippen LogP contribution in [0.1, 0.15) is 41.9 Å². The molecule has 0 radical (unpaired) electrons. The summed E-state index contributed by atoms with van der Waals surface area (Å²) in [6.07, 6.45) is 0.614. The Hall–Kier alpha value is -3.14. The molecular weight excluding hydrogens is 505 g/mol. The number of fused-ring (bicyclic) bond motifs is 3. The number of imidazole rings is 1. The molecule has 0 spiro atoms. The van der Waals surface area contributed by atoms with E-state index in [1.54, 1.807) is 4.57 Å². The maximum absolute atomic E-state index is 14.2. The number of halogens is 2. The van der Waals surface area contributed by atoms with Gasteiger partial charge in [0, 0.05) is 41.1 Å². The van der Waals surface area contributed by atoms with Gasteiger partial charge in [0.1, 0.15) is 11.5 Å². The molecule has 6 rings (SSSR count). The van der Waals surface area contributed by atoms with Crippen LogP contribution in [-0.2, 0) is 11.2 Å². The van der Waals surface area contributed by atoms with E-state index in [1.165, 1.54) is 0 Å². The molecule has 2 aliphatic heterocycles. The van der Waals surface area contributed by atoms with Crippen LogP contribution >= 0.6 is 0 Å². The molecule has 0 saturated carbocycles. The molecule has 1 aromatic heterocycles. The number of para-hydroxylation sites is 1. The molecule has 0 fully saturated rings. The van der Waals surface area contributed by atoms with Crippen LogP contribution in [0.15, 0.2) is 48.5 Å². The molecule has 2 aliphatic rings. The second-order valence-electron chi connectivity index (χ2n) is 9.28. The standard InChI is InChI=1S/C28H24F2N2O5.Na/c1-2-35-28-31-22-11-20(29)21(30)12-24(22)32(28)23-5-3-4-19-16(14-37-27(19)23)8-15-6-7-18-17(10-26(33)34)13-36-25(18)9-15;/h3-7,9,11-12,16-17H,2,8,10,13-14H2,1H3,(H,33,34);/q;+1/p-1/t16-,17-;/m1./s1. The number of hydrogen-bond acceptors (Lipinski definition) is 6. The Bertz CT molecular complexity index is 1540. The van der Waals surface area contributed by atoms with Gasteiger partial charge in [-0.1, -0.05) is 24.3 Å². The Balaban J connectivity index is 0.00000294. The number of carboxylic acids is 1. The van der Waals surface area contributed by atoms with E-state index in [4.69, 9.17) is 14.2 Å². The molecular formula is C28H23F2N2NaO5. The molecule has 4 aromatic rings. The van der Waals surface area contributed by atoms with E-state index in [0.717, 1.165) is 28.8 Å². The number of aromatic nitrogens is 2. The number of rotatable bonds is 7. The average Bonchev–Trinajstić information content (AvgIpc) is 3.55. The van der Waals surface area contributed by atoms with Crippen molar-refractivity contribution < 1.29 is 62.4 Å². The van der Waals surface area contributed by atoms with Crippen LogP contribution in [0.5, 0.6) is 17.5 Å². The summed E-state index contributed by atoms with van der Waals surface area (Å²) >= 11 is 0. The van der Waals surface area contributed by atoms with Crippen molar-refractivity contribution in [2.24, 2.45) is 0 Å². The zero-order valence-electron chi connectivity index (χ0n) is 21.0. The fourth-order valence-electron chi connectivity index (χ4n) is 5.25. The van der Waals surface area contributed by atoms with E-state index < -0.39 is 17.6 Å². The second-order valence-corrected chi connectivity index (χ2v) is 9.28. The van der Waals surface area contributed by atoms with Gasteiger partial charge in [-0.05, 0) is 37.5 Å². The summed E-state index contributed by atoms with van der Waals surface area (Å²) in [5.74, 6) is -1.83. The van der Waals surface area contributed by atoms with Crippen LogP contribution in [0.2, 0.25) is 0 Å². The van der Waals surface area contributed by atoms with Gasteiger partial charge in [0.05, 0.1) is 36.5 Å². The number of carboxylic acid groups (broad SMARTS) is 1. The Morgan fingerprint density at radius 2 is 1.87 bits per heavy atom. The van der Waals surface area contributed by atoms with Gasteiger partial charge in [-0.15, -0.1) is 0 Å². The summed E-state index contributed by atoms with van der Waals surface area (Å²) in [4.78, 5) is 15.4. The second kappa shape index (κ2) is 10.6. The van der Waals surface area contributed by atoms with Crippen molar-refractivity contribution in [2.75, 3.05) is 19.8 Å². The maximum atomic E-state index is 14.2. The zero-order chi connectivity index (χ0) is 25.7. The number of ether oxygens (including phenoxy) is 3. The van der Waals surface area contributed by atoms with Gasteiger partial charge >= 0.3 is 35.6 Å². The van der Waals surface area contributed by atoms with E-state index in [1.807, 2.05) is 43.3 Å². The van der Waals surface area contributed by atoms with Crippen molar-refractivity contribution in [3.63, 3.8) is 0 Å². The van der Waals surface area contributed by atoms with Crippen molar-refractivity contribution in [2.45, 2.75) is 31.6 Å². The molecule has 0 N–H and O–H groups in total. The largest absolute Gasteiger partial charge is 1.00 e. The van der Waals surface area contributed by atoms with Gasteiger partial charge in [0.2, 0.25) is 0 Å². The Morgan fingerprint density at radius 3 is 2.66 bits per heavy atom. The van der Waals surface area contributed by atoms with Crippen LogP contribution in [-0.4, -0.2) is 35.3 Å². The molecule has 2 atom stereocenters. The predicted octanol–water partition coefficient (Wildman–Crippen LogP) is 1.04. The number of hydrogen-bond donors (Lipinski definition) is 0. The van der Waals surface area contributed by atoms with E-state index in [-0.39, 0.29) is 59.3 Å². The molecule has 0 amide bonds. The van der Waals surface area contributed by atoms with Crippen LogP contribution in [0.25, 0.3) is 16.7 Å². The van der Waals surface area contributed by atoms with Crippen LogP contribution in [0.3, 0.4) is 0 Å². The zero-order valence-corrected chi connectivity index (χ0v) is 23.0. The molecule has 3 heterocycles. The van der Waals surface area contributed by atoms with E-state index in [2.05, 4.69) is 4.98 Å². The first-order valence-electron chi connectivity index (χ1n) is 12.1. The van der Waals surface area contributed by atoms with Crippen molar-refractivity contribution in [3.05, 3.63) is 76.9 Å². The summed E-state index contributed by atoms with van der Waals surface area (Å²) < 4.78 is 47.3. The number of benzene rings is 3. The molecule has 190 valence electrons. The summed E-state index contributed by atoms with van der Waals surface area (Å²) in [6, 6.07) is 14.0. The van der Waals surface area contributed by atoms with Crippen molar-refractivity contribution in [1.82, 2.24) is 9.55 Å². The number of carbonyl (C=O) groups excluding carboxylic acids is 1. The molecule has 0 unspecified atom stereocenters. The maximum Gasteiger partial charge on any atom is 1.00 e. The molecule has 7 nitrogen and oxygen atoms in total. The predicted molar refractivity (Wildman–Crippen MR) is 128 cm³/mol. The summed E-state index contributed by atoms with van der Waals surface area (Å²) in [6.45, 7) is 2.92. The van der Waals surface area contributed by atoms with Gasteiger partial charge in [-0.3, -0.25) is 4.57 Å². The number of aliphatic carboxylic acids is 1. The van der Waals surface area contributed by atoms with Crippen LogP contribution in [0, 0.1) is 11.6 Å². The van der Waals surface area contributed by atoms with Crippen molar-refractivity contribution in [1.29, 1.82) is 0 Å². The molecule has 38 heavy (non-hydrogen) atoms. The van der Waals surface area contributed by atoms with Gasteiger partial charge in [-0.25, -0.2) is 8.78 Å². The summed E-state index contributed by atoms with van der Waals surface area (Å²) in [7, 11) is 0. The average molecular weight is 528 g/mol. The molecule has 3 aromatic carbocycles. The summed E-state index contributed by atoms with van der Waals surface area (Å²) in [5, 5.41) is 11.0. The third-order valence-corrected chi connectivity index (χ3v) is 6.93. The first-order valence-corrected chi connectivity index (χ1v) is 12.1.